The van der Waals surface area contributed by atoms with Crippen LogP contribution in [0.4, 0.5) is 10.1 Å². The summed E-state index contributed by atoms with van der Waals surface area (Å²) in [4.78, 5) is 28.0. The maximum absolute atomic E-state index is 13.8. The molecule has 4 rings (SSSR count). The fourth-order valence-electron chi connectivity index (χ4n) is 3.98. The predicted molar refractivity (Wildman–Crippen MR) is 114 cm³/mol. The smallest absolute Gasteiger partial charge is 0.240 e. The first kappa shape index (κ1) is 20.1. The molecule has 0 spiro atoms. The normalized spacial score (nSPS) is 19.3. The van der Waals surface area contributed by atoms with Gasteiger partial charge in [0, 0.05) is 44.2 Å². The van der Waals surface area contributed by atoms with Gasteiger partial charge in [0.1, 0.15) is 5.82 Å². The first-order valence-corrected chi connectivity index (χ1v) is 10.2. The minimum atomic E-state index is -0.332. The van der Waals surface area contributed by atoms with E-state index in [1.807, 2.05) is 19.1 Å². The van der Waals surface area contributed by atoms with Crippen LogP contribution in [-0.2, 0) is 16.0 Å². The van der Waals surface area contributed by atoms with Crippen LogP contribution >= 0.6 is 0 Å². The number of piperazine rings is 1. The van der Waals surface area contributed by atoms with Crippen molar-refractivity contribution in [3.8, 4) is 0 Å². The molecule has 2 amide bonds. The highest BCUT2D eigenvalue weighted by Gasteiger charge is 2.24. The summed E-state index contributed by atoms with van der Waals surface area (Å²) in [7, 11) is 0. The zero-order valence-corrected chi connectivity index (χ0v) is 17.0. The van der Waals surface area contributed by atoms with Crippen LogP contribution in [0.15, 0.2) is 53.6 Å². The molecule has 1 N–H and O–H groups in total. The lowest BCUT2D eigenvalue weighted by molar-refractivity contribution is -0.130. The lowest BCUT2D eigenvalue weighted by Gasteiger charge is -2.36. The van der Waals surface area contributed by atoms with E-state index in [0.717, 1.165) is 30.1 Å². The Balaban J connectivity index is 1.34. The van der Waals surface area contributed by atoms with Gasteiger partial charge in [0.25, 0.3) is 0 Å². The molecular formula is C23H25FN4O2. The van der Waals surface area contributed by atoms with Gasteiger partial charge in [-0.15, -0.1) is 0 Å². The van der Waals surface area contributed by atoms with E-state index in [4.69, 9.17) is 0 Å². The van der Waals surface area contributed by atoms with Gasteiger partial charge in [0.05, 0.1) is 12.1 Å². The number of nitrogens with one attached hydrogen (secondary N) is 1. The summed E-state index contributed by atoms with van der Waals surface area (Å²) in [6, 6.07) is 14.6. The number of rotatable bonds is 4. The molecule has 1 atom stereocenters. The Bertz CT molecular complexity index is 965. The number of hydrazone groups is 1. The second-order valence-corrected chi connectivity index (χ2v) is 7.82. The third-order valence-electron chi connectivity index (χ3n) is 5.72. The van der Waals surface area contributed by atoms with Crippen LogP contribution in [0.25, 0.3) is 0 Å². The quantitative estimate of drug-likeness (QED) is 0.846. The van der Waals surface area contributed by atoms with Gasteiger partial charge in [-0.25, -0.2) is 9.82 Å². The Morgan fingerprint density at radius 3 is 2.47 bits per heavy atom. The molecule has 7 heteroatoms. The molecule has 2 heterocycles. The lowest BCUT2D eigenvalue weighted by atomic mass is 9.94. The van der Waals surface area contributed by atoms with Crippen molar-refractivity contribution >= 4 is 23.2 Å². The van der Waals surface area contributed by atoms with E-state index in [1.54, 1.807) is 23.1 Å². The maximum atomic E-state index is 13.8. The summed E-state index contributed by atoms with van der Waals surface area (Å²) in [6.07, 6.45) is 0.543. The van der Waals surface area contributed by atoms with Crippen molar-refractivity contribution in [2.24, 2.45) is 11.0 Å². The van der Waals surface area contributed by atoms with E-state index < -0.39 is 0 Å². The standard InChI is InChI=1S/C23H25FN4O2/c1-16-14-21(29)25-26-23(16)17-6-8-19(9-7-17)27-10-12-28(13-11-27)22(30)15-18-4-2-3-5-20(18)24/h2-9,16H,10-15H2,1H3,(H,25,29)/t16-/m1/s1. The Hall–Kier alpha value is -3.22. The molecule has 0 aliphatic carbocycles. The summed E-state index contributed by atoms with van der Waals surface area (Å²) in [5.74, 6) is -0.332. The second kappa shape index (κ2) is 8.65. The van der Waals surface area contributed by atoms with E-state index in [1.165, 1.54) is 6.07 Å². The summed E-state index contributed by atoms with van der Waals surface area (Å²) < 4.78 is 13.8. The van der Waals surface area contributed by atoms with Gasteiger partial charge < -0.3 is 9.80 Å². The molecular weight excluding hydrogens is 383 g/mol. The van der Waals surface area contributed by atoms with Crippen LogP contribution in [-0.4, -0.2) is 48.6 Å². The molecule has 2 aliphatic heterocycles. The van der Waals surface area contributed by atoms with Crippen LogP contribution in [0, 0.1) is 11.7 Å². The summed E-state index contributed by atoms with van der Waals surface area (Å²) in [5, 5.41) is 4.21. The predicted octanol–water partition coefficient (Wildman–Crippen LogP) is 2.58. The third-order valence-corrected chi connectivity index (χ3v) is 5.72. The minimum Gasteiger partial charge on any atom is -0.368 e. The van der Waals surface area contributed by atoms with Crippen molar-refractivity contribution in [1.29, 1.82) is 0 Å². The number of anilines is 1. The van der Waals surface area contributed by atoms with Crippen LogP contribution in [0.5, 0.6) is 0 Å². The zero-order chi connectivity index (χ0) is 21.1. The number of hydrogen-bond acceptors (Lipinski definition) is 4. The van der Waals surface area contributed by atoms with Crippen molar-refractivity contribution in [2.45, 2.75) is 19.8 Å². The van der Waals surface area contributed by atoms with Crippen molar-refractivity contribution in [1.82, 2.24) is 10.3 Å². The molecule has 156 valence electrons. The number of nitrogens with zero attached hydrogens (tertiary/aromatic N) is 3. The highest BCUT2D eigenvalue weighted by atomic mass is 19.1. The number of carbonyl (C=O) groups is 2. The summed E-state index contributed by atoms with van der Waals surface area (Å²) >= 11 is 0. The summed E-state index contributed by atoms with van der Waals surface area (Å²) in [5.41, 5.74) is 5.98. The molecule has 0 radical (unpaired) electrons. The molecule has 0 saturated carbocycles. The molecule has 2 aromatic rings. The average molecular weight is 408 g/mol. The fraction of sp³-hybridized carbons (Fsp3) is 0.348. The Morgan fingerprint density at radius 1 is 1.10 bits per heavy atom. The van der Waals surface area contributed by atoms with Gasteiger partial charge >= 0.3 is 0 Å². The van der Waals surface area contributed by atoms with Gasteiger partial charge in [0.15, 0.2) is 0 Å². The molecule has 1 fully saturated rings. The van der Waals surface area contributed by atoms with Gasteiger partial charge in [-0.05, 0) is 29.3 Å². The number of halogens is 1. The van der Waals surface area contributed by atoms with Crippen molar-refractivity contribution < 1.29 is 14.0 Å². The highest BCUT2D eigenvalue weighted by Crippen LogP contribution is 2.22. The van der Waals surface area contributed by atoms with E-state index in [2.05, 4.69) is 27.6 Å². The number of benzene rings is 2. The van der Waals surface area contributed by atoms with Crippen molar-refractivity contribution in [3.63, 3.8) is 0 Å². The topological polar surface area (TPSA) is 65.0 Å². The number of hydrogen-bond donors (Lipinski definition) is 1. The zero-order valence-electron chi connectivity index (χ0n) is 17.0. The molecule has 0 bridgehead atoms. The largest absolute Gasteiger partial charge is 0.368 e. The van der Waals surface area contributed by atoms with Gasteiger partial charge in [0.2, 0.25) is 11.8 Å². The molecule has 0 aromatic heterocycles. The molecule has 0 unspecified atom stereocenters. The van der Waals surface area contributed by atoms with Crippen LogP contribution in [0.2, 0.25) is 0 Å². The molecule has 2 aromatic carbocycles. The lowest BCUT2D eigenvalue weighted by Crippen LogP contribution is -2.49. The average Bonchev–Trinajstić information content (AvgIpc) is 2.76. The van der Waals surface area contributed by atoms with Gasteiger partial charge in [-0.2, -0.15) is 5.10 Å². The van der Waals surface area contributed by atoms with Gasteiger partial charge in [-0.3, -0.25) is 9.59 Å². The van der Waals surface area contributed by atoms with Crippen LogP contribution < -0.4 is 10.3 Å². The first-order valence-electron chi connectivity index (χ1n) is 10.2. The minimum absolute atomic E-state index is 0.0403. The summed E-state index contributed by atoms with van der Waals surface area (Å²) in [6.45, 7) is 4.70. The number of carbonyl (C=O) groups excluding carboxylic acids is 2. The third kappa shape index (κ3) is 4.35. The van der Waals surface area contributed by atoms with E-state index >= 15 is 0 Å². The molecule has 1 saturated heterocycles. The molecule has 6 nitrogen and oxygen atoms in total. The van der Waals surface area contributed by atoms with Crippen molar-refractivity contribution in [3.05, 3.63) is 65.5 Å². The van der Waals surface area contributed by atoms with Gasteiger partial charge in [-0.1, -0.05) is 37.3 Å². The SMILES string of the molecule is C[C@@H]1CC(=O)NN=C1c1ccc(N2CCN(C(=O)Cc3ccccc3F)CC2)cc1. The van der Waals surface area contributed by atoms with Crippen LogP contribution in [0.3, 0.4) is 0 Å². The molecule has 30 heavy (non-hydrogen) atoms. The monoisotopic (exact) mass is 408 g/mol. The first-order chi connectivity index (χ1) is 14.5. The second-order valence-electron chi connectivity index (χ2n) is 7.82. The van der Waals surface area contributed by atoms with E-state index in [-0.39, 0.29) is 30.0 Å². The van der Waals surface area contributed by atoms with E-state index in [0.29, 0.717) is 25.1 Å². The number of amides is 2. The van der Waals surface area contributed by atoms with Crippen LogP contribution in [0.1, 0.15) is 24.5 Å². The maximum Gasteiger partial charge on any atom is 0.240 e. The fourth-order valence-corrected chi connectivity index (χ4v) is 3.98. The van der Waals surface area contributed by atoms with E-state index in [9.17, 15) is 14.0 Å². The molecule has 2 aliphatic rings. The highest BCUT2D eigenvalue weighted by molar-refractivity contribution is 6.05. The Labute approximate surface area is 175 Å². The Kier molecular flexibility index (Phi) is 5.79. The van der Waals surface area contributed by atoms with Crippen molar-refractivity contribution in [2.75, 3.05) is 31.1 Å². The Morgan fingerprint density at radius 2 is 1.80 bits per heavy atom.